The van der Waals surface area contributed by atoms with E-state index in [1.165, 1.54) is 6.07 Å². The summed E-state index contributed by atoms with van der Waals surface area (Å²) in [7, 11) is -2.30. The van der Waals surface area contributed by atoms with E-state index in [0.717, 1.165) is 10.9 Å². The van der Waals surface area contributed by atoms with Gasteiger partial charge in [0.15, 0.2) is 0 Å². The Kier molecular flexibility index (Phi) is 4.86. The molecule has 0 atom stereocenters. The average molecular weight is 385 g/mol. The Balaban J connectivity index is 1.96. The van der Waals surface area contributed by atoms with Crippen LogP contribution < -0.4 is 15.2 Å². The number of ether oxygens (including phenoxy) is 1. The molecule has 1 heterocycles. The average Bonchev–Trinajstić information content (AvgIpc) is 2.61. The van der Waals surface area contributed by atoms with Crippen LogP contribution >= 0.6 is 0 Å². The first-order chi connectivity index (χ1) is 12.7. The molecule has 0 fully saturated rings. The number of rotatable bonds is 4. The lowest BCUT2D eigenvalue weighted by molar-refractivity contribution is 0.102. The number of pyridine rings is 1. The van der Waals surface area contributed by atoms with Gasteiger partial charge in [0.1, 0.15) is 5.75 Å². The smallest absolute Gasteiger partial charge is 0.257 e. The molecular weight excluding hydrogens is 366 g/mol. The molecule has 1 aromatic heterocycles. The molecule has 7 nitrogen and oxygen atoms in total. The molecule has 0 unspecified atom stereocenters. The van der Waals surface area contributed by atoms with Gasteiger partial charge in [-0.15, -0.1) is 0 Å². The van der Waals surface area contributed by atoms with Crippen LogP contribution in [0.4, 0.5) is 5.69 Å². The van der Waals surface area contributed by atoms with E-state index >= 15 is 0 Å². The van der Waals surface area contributed by atoms with Crippen molar-refractivity contribution in [1.82, 2.24) is 4.98 Å². The third kappa shape index (κ3) is 3.91. The second-order valence-electron chi connectivity index (χ2n) is 6.16. The molecule has 0 saturated carbocycles. The maximum absolute atomic E-state index is 12.7. The van der Waals surface area contributed by atoms with E-state index in [1.807, 2.05) is 6.07 Å². The van der Waals surface area contributed by atoms with Crippen LogP contribution in [0.3, 0.4) is 0 Å². The molecule has 3 aromatic rings. The zero-order valence-corrected chi connectivity index (χ0v) is 15.9. The fourth-order valence-corrected chi connectivity index (χ4v) is 3.59. The van der Waals surface area contributed by atoms with Crippen LogP contribution in [0.25, 0.3) is 10.9 Å². The molecule has 140 valence electrons. The van der Waals surface area contributed by atoms with Crippen molar-refractivity contribution in [3.05, 3.63) is 59.3 Å². The van der Waals surface area contributed by atoms with Gasteiger partial charge in [-0.3, -0.25) is 9.78 Å². The van der Waals surface area contributed by atoms with Crippen molar-refractivity contribution < 1.29 is 17.9 Å². The molecule has 2 aromatic carbocycles. The lowest BCUT2D eigenvalue weighted by atomic mass is 10.1. The molecule has 0 aliphatic heterocycles. The monoisotopic (exact) mass is 385 g/mol. The van der Waals surface area contributed by atoms with Crippen molar-refractivity contribution in [1.29, 1.82) is 0 Å². The molecule has 0 aliphatic carbocycles. The fraction of sp³-hybridized carbons (Fsp3) is 0.158. The standard InChI is InChI=1S/C19H19N3O4S/c1-11-4-6-14(9-18(11)27(20,24)25)22-19(23)16-8-13-5-7-15(26-3)10-17(13)21-12(16)2/h4-10H,1-3H3,(H,22,23)(H2,20,24,25). The molecule has 0 bridgehead atoms. The number of sulfonamides is 1. The summed E-state index contributed by atoms with van der Waals surface area (Å²) in [5, 5.41) is 8.71. The number of hydrogen-bond donors (Lipinski definition) is 2. The van der Waals surface area contributed by atoms with Crippen LogP contribution in [0, 0.1) is 13.8 Å². The van der Waals surface area contributed by atoms with Crippen LogP contribution in [0.1, 0.15) is 21.6 Å². The number of carbonyl (C=O) groups excluding carboxylic acids is 1. The number of anilines is 1. The van der Waals surface area contributed by atoms with Crippen molar-refractivity contribution >= 4 is 32.5 Å². The summed E-state index contributed by atoms with van der Waals surface area (Å²) in [5.41, 5.74) is 2.50. The Labute approximate surface area is 157 Å². The summed E-state index contributed by atoms with van der Waals surface area (Å²) in [6.45, 7) is 3.37. The number of aromatic nitrogens is 1. The molecule has 0 radical (unpaired) electrons. The zero-order valence-electron chi connectivity index (χ0n) is 15.1. The molecule has 27 heavy (non-hydrogen) atoms. The van der Waals surface area contributed by atoms with E-state index in [-0.39, 0.29) is 10.8 Å². The molecule has 3 rings (SSSR count). The number of primary sulfonamides is 1. The minimum absolute atomic E-state index is 0.0271. The van der Waals surface area contributed by atoms with Gasteiger partial charge < -0.3 is 10.1 Å². The molecule has 0 saturated heterocycles. The van der Waals surface area contributed by atoms with E-state index in [0.29, 0.717) is 28.3 Å². The third-order valence-electron chi connectivity index (χ3n) is 4.21. The lowest BCUT2D eigenvalue weighted by Gasteiger charge is -2.11. The van der Waals surface area contributed by atoms with Gasteiger partial charge in [-0.1, -0.05) is 6.07 Å². The first-order valence-corrected chi connectivity index (χ1v) is 9.64. The van der Waals surface area contributed by atoms with Gasteiger partial charge in [-0.05, 0) is 49.7 Å². The van der Waals surface area contributed by atoms with Gasteiger partial charge in [-0.25, -0.2) is 13.6 Å². The highest BCUT2D eigenvalue weighted by Gasteiger charge is 2.16. The number of nitrogens with one attached hydrogen (secondary N) is 1. The Morgan fingerprint density at radius 2 is 1.85 bits per heavy atom. The quantitative estimate of drug-likeness (QED) is 0.717. The number of aryl methyl sites for hydroxylation is 2. The van der Waals surface area contributed by atoms with Gasteiger partial charge in [0.05, 0.1) is 28.8 Å². The number of benzene rings is 2. The van der Waals surface area contributed by atoms with Gasteiger partial charge in [0, 0.05) is 17.1 Å². The van der Waals surface area contributed by atoms with Crippen molar-refractivity contribution in [3.63, 3.8) is 0 Å². The summed E-state index contributed by atoms with van der Waals surface area (Å²) < 4.78 is 28.5. The van der Waals surface area contributed by atoms with Crippen LogP contribution in [0.15, 0.2) is 47.4 Å². The highest BCUT2D eigenvalue weighted by atomic mass is 32.2. The van der Waals surface area contributed by atoms with Crippen LogP contribution in [0.2, 0.25) is 0 Å². The molecule has 8 heteroatoms. The predicted molar refractivity (Wildman–Crippen MR) is 104 cm³/mol. The minimum atomic E-state index is -3.88. The number of carbonyl (C=O) groups is 1. The largest absolute Gasteiger partial charge is 0.497 e. The molecule has 3 N–H and O–H groups in total. The Bertz CT molecular complexity index is 1160. The van der Waals surface area contributed by atoms with Crippen molar-refractivity contribution in [3.8, 4) is 5.75 Å². The van der Waals surface area contributed by atoms with E-state index < -0.39 is 10.0 Å². The highest BCUT2D eigenvalue weighted by Crippen LogP contribution is 2.23. The summed E-state index contributed by atoms with van der Waals surface area (Å²) in [6, 6.07) is 11.7. The zero-order chi connectivity index (χ0) is 19.8. The number of methoxy groups -OCH3 is 1. The number of fused-ring (bicyclic) bond motifs is 1. The van der Waals surface area contributed by atoms with Crippen molar-refractivity contribution in [2.45, 2.75) is 18.7 Å². The SMILES string of the molecule is COc1ccc2cc(C(=O)Nc3ccc(C)c(S(N)(=O)=O)c3)c(C)nc2c1. The third-order valence-corrected chi connectivity index (χ3v) is 5.27. The summed E-state index contributed by atoms with van der Waals surface area (Å²) in [6.07, 6.45) is 0. The van der Waals surface area contributed by atoms with Crippen LogP contribution in [0.5, 0.6) is 5.75 Å². The molecular formula is C19H19N3O4S. The number of nitrogens with zero attached hydrogens (tertiary/aromatic N) is 1. The number of hydrogen-bond acceptors (Lipinski definition) is 5. The molecule has 0 aliphatic rings. The van der Waals surface area contributed by atoms with Gasteiger partial charge in [0.2, 0.25) is 10.0 Å². The predicted octanol–water partition coefficient (Wildman–Crippen LogP) is 2.76. The molecule has 1 amide bonds. The first kappa shape index (κ1) is 18.8. The topological polar surface area (TPSA) is 111 Å². The van der Waals surface area contributed by atoms with Gasteiger partial charge in [0.25, 0.3) is 5.91 Å². The second kappa shape index (κ2) is 6.98. The van der Waals surface area contributed by atoms with E-state index in [1.54, 1.807) is 51.3 Å². The Morgan fingerprint density at radius 1 is 1.11 bits per heavy atom. The van der Waals surface area contributed by atoms with Crippen LogP contribution in [-0.2, 0) is 10.0 Å². The molecule has 0 spiro atoms. The number of amides is 1. The fourth-order valence-electron chi connectivity index (χ4n) is 2.78. The summed E-state index contributed by atoms with van der Waals surface area (Å²) in [4.78, 5) is 17.1. The van der Waals surface area contributed by atoms with Crippen molar-refractivity contribution in [2.24, 2.45) is 5.14 Å². The highest BCUT2D eigenvalue weighted by molar-refractivity contribution is 7.89. The van der Waals surface area contributed by atoms with Crippen molar-refractivity contribution in [2.75, 3.05) is 12.4 Å². The van der Waals surface area contributed by atoms with Crippen LogP contribution in [-0.4, -0.2) is 26.4 Å². The van der Waals surface area contributed by atoms with Gasteiger partial charge in [-0.2, -0.15) is 0 Å². The summed E-state index contributed by atoms with van der Waals surface area (Å²) in [5.74, 6) is 0.295. The summed E-state index contributed by atoms with van der Waals surface area (Å²) >= 11 is 0. The maximum Gasteiger partial charge on any atom is 0.257 e. The second-order valence-corrected chi connectivity index (χ2v) is 7.69. The minimum Gasteiger partial charge on any atom is -0.497 e. The normalized spacial score (nSPS) is 11.4. The van der Waals surface area contributed by atoms with E-state index in [2.05, 4.69) is 10.3 Å². The number of nitrogens with two attached hydrogens (primary N) is 1. The first-order valence-electron chi connectivity index (χ1n) is 8.09. The Morgan fingerprint density at radius 3 is 2.52 bits per heavy atom. The van der Waals surface area contributed by atoms with E-state index in [4.69, 9.17) is 9.88 Å². The van der Waals surface area contributed by atoms with E-state index in [9.17, 15) is 13.2 Å². The van der Waals surface area contributed by atoms with Gasteiger partial charge >= 0.3 is 0 Å². The Hall–Kier alpha value is -2.97. The lowest BCUT2D eigenvalue weighted by Crippen LogP contribution is -2.17. The maximum atomic E-state index is 12.7.